The molecule has 1 amide bonds. The van der Waals surface area contributed by atoms with Gasteiger partial charge in [0, 0.05) is 37.6 Å². The number of hydrogen-bond donors (Lipinski definition) is 2. The fourth-order valence-corrected chi connectivity index (χ4v) is 3.50. The van der Waals surface area contributed by atoms with Gasteiger partial charge in [-0.05, 0) is 37.1 Å². The zero-order valence-corrected chi connectivity index (χ0v) is 17.7. The number of halogens is 2. The Kier molecular flexibility index (Phi) is 8.70. The number of imidazole rings is 1. The van der Waals surface area contributed by atoms with Crippen LogP contribution in [0.15, 0.2) is 55.2 Å². The van der Waals surface area contributed by atoms with E-state index in [4.69, 9.17) is 0 Å². The molecule has 4 rings (SSSR count). The predicted octanol–water partition coefficient (Wildman–Crippen LogP) is 2.70. The van der Waals surface area contributed by atoms with E-state index in [-0.39, 0.29) is 37.3 Å². The van der Waals surface area contributed by atoms with Gasteiger partial charge in [-0.3, -0.25) is 9.48 Å². The molecule has 1 saturated heterocycles. The molecule has 156 valence electrons. The van der Waals surface area contributed by atoms with Crippen LogP contribution in [0.5, 0.6) is 0 Å². The second-order valence-corrected chi connectivity index (χ2v) is 6.86. The van der Waals surface area contributed by atoms with E-state index in [1.807, 2.05) is 47.3 Å². The van der Waals surface area contributed by atoms with Crippen molar-refractivity contribution in [2.24, 2.45) is 0 Å². The summed E-state index contributed by atoms with van der Waals surface area (Å²) in [5, 5.41) is 11.0. The first-order valence-corrected chi connectivity index (χ1v) is 9.36. The van der Waals surface area contributed by atoms with Gasteiger partial charge < -0.3 is 15.2 Å². The summed E-state index contributed by atoms with van der Waals surface area (Å²) in [6.07, 6.45) is 9.61. The van der Waals surface area contributed by atoms with Crippen molar-refractivity contribution < 1.29 is 4.79 Å². The molecule has 0 bridgehead atoms. The minimum atomic E-state index is -0.0492. The van der Waals surface area contributed by atoms with Crippen LogP contribution >= 0.6 is 24.8 Å². The molecule has 3 aromatic rings. The van der Waals surface area contributed by atoms with Crippen molar-refractivity contribution in [2.45, 2.75) is 31.8 Å². The molecule has 29 heavy (non-hydrogen) atoms. The summed E-state index contributed by atoms with van der Waals surface area (Å²) in [6.45, 7) is 2.75. The molecular weight excluding hydrogens is 411 g/mol. The number of rotatable bonds is 6. The molecule has 3 heterocycles. The highest BCUT2D eigenvalue weighted by Gasteiger charge is 2.18. The highest BCUT2D eigenvalue weighted by molar-refractivity contribution is 5.85. The summed E-state index contributed by atoms with van der Waals surface area (Å²) in [7, 11) is 0. The van der Waals surface area contributed by atoms with Gasteiger partial charge in [0.1, 0.15) is 6.54 Å². The van der Waals surface area contributed by atoms with Gasteiger partial charge in [0.25, 0.3) is 0 Å². The zero-order chi connectivity index (χ0) is 18.5. The maximum Gasteiger partial charge on any atom is 0.241 e. The van der Waals surface area contributed by atoms with E-state index in [0.717, 1.165) is 36.5 Å². The van der Waals surface area contributed by atoms with Crippen LogP contribution < -0.4 is 10.6 Å². The van der Waals surface area contributed by atoms with Crippen molar-refractivity contribution in [1.82, 2.24) is 30.0 Å². The van der Waals surface area contributed by atoms with Crippen LogP contribution in [0.1, 0.15) is 30.0 Å². The SMILES string of the molecule is Cl.Cl.O=C(Cn1ccc(C2CCCNC2)n1)NCc1ccccc1-n1ccnc1. The highest BCUT2D eigenvalue weighted by Crippen LogP contribution is 2.21. The first-order chi connectivity index (χ1) is 13.3. The molecule has 7 nitrogen and oxygen atoms in total. The van der Waals surface area contributed by atoms with E-state index in [2.05, 4.69) is 20.7 Å². The number of carbonyl (C=O) groups is 1. The summed E-state index contributed by atoms with van der Waals surface area (Å²) < 4.78 is 3.67. The number of carbonyl (C=O) groups excluding carboxylic acids is 1. The minimum Gasteiger partial charge on any atom is -0.350 e. The number of nitrogens with one attached hydrogen (secondary N) is 2. The van der Waals surface area contributed by atoms with E-state index in [1.165, 1.54) is 6.42 Å². The molecule has 2 N–H and O–H groups in total. The molecule has 0 radical (unpaired) electrons. The standard InChI is InChI=1S/C20H24N6O.2ClH/c27-20(14-26-10-7-18(24-26)16-5-3-8-21-12-16)23-13-17-4-1-2-6-19(17)25-11-9-22-15-25;;/h1-2,4,6-7,9-11,15-16,21H,3,5,8,12-14H2,(H,23,27);2*1H. The third kappa shape index (κ3) is 5.82. The number of amides is 1. The average molecular weight is 437 g/mol. The number of aromatic nitrogens is 4. The van der Waals surface area contributed by atoms with Gasteiger partial charge in [-0.2, -0.15) is 5.10 Å². The van der Waals surface area contributed by atoms with Gasteiger partial charge in [-0.15, -0.1) is 24.8 Å². The van der Waals surface area contributed by atoms with E-state index in [0.29, 0.717) is 12.5 Å². The first kappa shape index (κ1) is 22.9. The Morgan fingerprint density at radius 1 is 1.21 bits per heavy atom. The molecule has 1 aromatic carbocycles. The lowest BCUT2D eigenvalue weighted by atomic mass is 9.97. The molecule has 2 aromatic heterocycles. The third-order valence-corrected chi connectivity index (χ3v) is 4.93. The Morgan fingerprint density at radius 3 is 2.83 bits per heavy atom. The molecule has 1 aliphatic rings. The van der Waals surface area contributed by atoms with E-state index in [9.17, 15) is 4.79 Å². The van der Waals surface area contributed by atoms with Gasteiger partial charge in [0.15, 0.2) is 0 Å². The van der Waals surface area contributed by atoms with Gasteiger partial charge in [-0.1, -0.05) is 18.2 Å². The molecule has 0 aliphatic carbocycles. The summed E-state index contributed by atoms with van der Waals surface area (Å²) in [5.74, 6) is 0.400. The molecular formula is C20H26Cl2N6O. The second kappa shape index (κ2) is 11.0. The van der Waals surface area contributed by atoms with Gasteiger partial charge in [-0.25, -0.2) is 4.98 Å². The van der Waals surface area contributed by atoms with Crippen molar-refractivity contribution in [1.29, 1.82) is 0 Å². The fraction of sp³-hybridized carbons (Fsp3) is 0.350. The third-order valence-electron chi connectivity index (χ3n) is 4.93. The van der Waals surface area contributed by atoms with Crippen molar-refractivity contribution in [3.63, 3.8) is 0 Å². The molecule has 1 fully saturated rings. The van der Waals surface area contributed by atoms with Crippen LogP contribution in [0.4, 0.5) is 0 Å². The summed E-state index contributed by atoms with van der Waals surface area (Å²) in [4.78, 5) is 16.5. The number of hydrogen-bond acceptors (Lipinski definition) is 4. The van der Waals surface area contributed by atoms with Crippen molar-refractivity contribution in [3.05, 3.63) is 66.5 Å². The summed E-state index contributed by atoms with van der Waals surface area (Å²) in [6, 6.07) is 10.0. The lowest BCUT2D eigenvalue weighted by molar-refractivity contribution is -0.122. The fourth-order valence-electron chi connectivity index (χ4n) is 3.50. The quantitative estimate of drug-likeness (QED) is 0.622. The molecule has 1 aliphatic heterocycles. The molecule has 1 atom stereocenters. The topological polar surface area (TPSA) is 76.8 Å². The molecule has 1 unspecified atom stereocenters. The second-order valence-electron chi connectivity index (χ2n) is 6.86. The van der Waals surface area contributed by atoms with Crippen LogP contribution in [-0.4, -0.2) is 38.3 Å². The average Bonchev–Trinajstić information content (AvgIpc) is 3.40. The lowest BCUT2D eigenvalue weighted by Crippen LogP contribution is -2.29. The molecule has 0 spiro atoms. The van der Waals surface area contributed by atoms with Crippen molar-refractivity contribution >= 4 is 30.7 Å². The van der Waals surface area contributed by atoms with E-state index < -0.39 is 0 Å². The zero-order valence-electron chi connectivity index (χ0n) is 16.0. The van der Waals surface area contributed by atoms with Crippen LogP contribution in [0, 0.1) is 0 Å². The molecule has 9 heteroatoms. The number of para-hydroxylation sites is 1. The number of benzene rings is 1. The Bertz CT molecular complexity index is 890. The van der Waals surface area contributed by atoms with Gasteiger partial charge in [0.2, 0.25) is 5.91 Å². The minimum absolute atomic E-state index is 0. The monoisotopic (exact) mass is 436 g/mol. The highest BCUT2D eigenvalue weighted by atomic mass is 35.5. The summed E-state index contributed by atoms with van der Waals surface area (Å²) >= 11 is 0. The van der Waals surface area contributed by atoms with Crippen LogP contribution in [0.25, 0.3) is 5.69 Å². The number of nitrogens with zero attached hydrogens (tertiary/aromatic N) is 4. The predicted molar refractivity (Wildman–Crippen MR) is 117 cm³/mol. The normalized spacial score (nSPS) is 15.8. The Labute approximate surface area is 182 Å². The van der Waals surface area contributed by atoms with Crippen LogP contribution in [0.3, 0.4) is 0 Å². The Balaban J connectivity index is 0.00000150. The maximum absolute atomic E-state index is 12.4. The lowest BCUT2D eigenvalue weighted by Gasteiger charge is -2.20. The van der Waals surface area contributed by atoms with E-state index in [1.54, 1.807) is 17.2 Å². The summed E-state index contributed by atoms with van der Waals surface area (Å²) in [5.41, 5.74) is 3.13. The van der Waals surface area contributed by atoms with Gasteiger partial charge >= 0.3 is 0 Å². The van der Waals surface area contributed by atoms with Crippen molar-refractivity contribution in [3.8, 4) is 5.69 Å². The Hall–Kier alpha value is -2.35. The number of piperidine rings is 1. The van der Waals surface area contributed by atoms with Crippen molar-refractivity contribution in [2.75, 3.05) is 13.1 Å². The maximum atomic E-state index is 12.4. The smallest absolute Gasteiger partial charge is 0.241 e. The Morgan fingerprint density at radius 2 is 2.07 bits per heavy atom. The van der Waals surface area contributed by atoms with Gasteiger partial charge in [0.05, 0.1) is 17.7 Å². The first-order valence-electron chi connectivity index (χ1n) is 9.36. The van der Waals surface area contributed by atoms with E-state index >= 15 is 0 Å². The van der Waals surface area contributed by atoms with Crippen LogP contribution in [-0.2, 0) is 17.9 Å². The largest absolute Gasteiger partial charge is 0.350 e. The molecule has 0 saturated carbocycles. The van der Waals surface area contributed by atoms with Crippen LogP contribution in [0.2, 0.25) is 0 Å².